The smallest absolute Gasteiger partial charge is 0.243 e. The maximum Gasteiger partial charge on any atom is 0.243 e. The van der Waals surface area contributed by atoms with E-state index in [0.717, 1.165) is 23.1 Å². The van der Waals surface area contributed by atoms with Crippen molar-refractivity contribution in [3.63, 3.8) is 0 Å². The fourth-order valence-corrected chi connectivity index (χ4v) is 3.34. The van der Waals surface area contributed by atoms with Crippen LogP contribution in [0.5, 0.6) is 0 Å². The monoisotopic (exact) mass is 296 g/mol. The lowest BCUT2D eigenvalue weighted by molar-refractivity contribution is -0.180. The van der Waals surface area contributed by atoms with Gasteiger partial charge in [0.15, 0.2) is 0 Å². The molecule has 0 aliphatic carbocycles. The van der Waals surface area contributed by atoms with Gasteiger partial charge in [-0.1, -0.05) is 0 Å². The van der Waals surface area contributed by atoms with Crippen LogP contribution in [0.3, 0.4) is 0 Å². The zero-order valence-electron chi connectivity index (χ0n) is 10.1. The van der Waals surface area contributed by atoms with Crippen LogP contribution in [-0.4, -0.2) is 60.6 Å². The number of piperazine rings is 1. The van der Waals surface area contributed by atoms with Gasteiger partial charge in [0.1, 0.15) is 13.1 Å². The summed E-state index contributed by atoms with van der Waals surface area (Å²) in [6, 6.07) is 0. The Hall–Kier alpha value is -0.680. The molecule has 104 valence electrons. The van der Waals surface area contributed by atoms with Gasteiger partial charge in [-0.05, 0) is 13.3 Å². The molecule has 18 heavy (non-hydrogen) atoms. The van der Waals surface area contributed by atoms with Crippen molar-refractivity contribution < 1.29 is 28.5 Å². The molecule has 0 bridgehead atoms. The van der Waals surface area contributed by atoms with Crippen molar-refractivity contribution in [3.05, 3.63) is 0 Å². The number of hydrogen-bond acceptors (Lipinski definition) is 6. The fourth-order valence-electron chi connectivity index (χ4n) is 1.58. The van der Waals surface area contributed by atoms with Crippen LogP contribution in [0.1, 0.15) is 0 Å². The second kappa shape index (κ2) is 5.13. The van der Waals surface area contributed by atoms with Crippen LogP contribution in [0, 0.1) is 0 Å². The van der Waals surface area contributed by atoms with Crippen LogP contribution in [-0.2, 0) is 18.7 Å². The van der Waals surface area contributed by atoms with Gasteiger partial charge in [-0.2, -0.15) is 0 Å². The molecule has 1 aliphatic heterocycles. The van der Waals surface area contributed by atoms with Crippen LogP contribution in [0.4, 0.5) is 0 Å². The van der Waals surface area contributed by atoms with Crippen LogP contribution < -0.4 is 9.79 Å². The molecule has 10 heteroatoms. The Morgan fingerprint density at radius 2 is 1.22 bits per heavy atom. The third kappa shape index (κ3) is 4.90. The van der Waals surface area contributed by atoms with Gasteiger partial charge < -0.3 is 28.7 Å². The van der Waals surface area contributed by atoms with E-state index in [2.05, 4.69) is 0 Å². The first-order valence-electron chi connectivity index (χ1n) is 5.08. The summed E-state index contributed by atoms with van der Waals surface area (Å²) >= 11 is 0. The summed E-state index contributed by atoms with van der Waals surface area (Å²) in [5, 5.41) is 0. The summed E-state index contributed by atoms with van der Waals surface area (Å²) in [6.07, 6.45) is -1.01. The normalized spacial score (nSPS) is 23.8. The maximum absolute atomic E-state index is 11.6. The van der Waals surface area contributed by atoms with E-state index < -0.39 is 52.2 Å². The van der Waals surface area contributed by atoms with Gasteiger partial charge in [-0.3, -0.25) is 9.59 Å². The van der Waals surface area contributed by atoms with E-state index in [9.17, 15) is 28.5 Å². The van der Waals surface area contributed by atoms with Crippen LogP contribution in [0.25, 0.3) is 0 Å². The minimum Gasteiger partial charge on any atom is -0.798 e. The van der Waals surface area contributed by atoms with Gasteiger partial charge in [0.2, 0.25) is 11.8 Å². The molecule has 1 rings (SSSR count). The first kappa shape index (κ1) is 15.4. The molecule has 2 atom stereocenters. The Bertz CT molecular complexity index is 411. The molecule has 2 unspecified atom stereocenters. The Labute approximate surface area is 104 Å². The average Bonchev–Trinajstić information content (AvgIpc) is 2.08. The topological polar surface area (TPSA) is 121 Å². The second-order valence-electron chi connectivity index (χ2n) is 4.49. The van der Waals surface area contributed by atoms with Crippen LogP contribution >= 0.6 is 14.7 Å². The van der Waals surface area contributed by atoms with Crippen molar-refractivity contribution in [1.29, 1.82) is 0 Å². The van der Waals surface area contributed by atoms with Gasteiger partial charge in [-0.25, -0.2) is 0 Å². The first-order chi connectivity index (χ1) is 7.98. The minimum atomic E-state index is -3.69. The fraction of sp³-hybridized carbons (Fsp3) is 0.750. The van der Waals surface area contributed by atoms with Crippen molar-refractivity contribution in [3.8, 4) is 0 Å². The van der Waals surface area contributed by atoms with Gasteiger partial charge in [-0.15, -0.1) is 0 Å². The predicted molar refractivity (Wildman–Crippen MR) is 60.2 cm³/mol. The molecule has 2 amide bonds. The van der Waals surface area contributed by atoms with Crippen molar-refractivity contribution in [2.75, 3.05) is 39.0 Å². The number of carbonyl (C=O) groups is 2. The maximum atomic E-state index is 11.6. The Kier molecular flexibility index (Phi) is 4.38. The van der Waals surface area contributed by atoms with E-state index in [0.29, 0.717) is 0 Å². The Morgan fingerprint density at radius 1 is 0.944 bits per heavy atom. The highest BCUT2D eigenvalue weighted by Gasteiger charge is 2.31. The molecular formula is C8H14N2O6P2-2. The summed E-state index contributed by atoms with van der Waals surface area (Å²) in [6.45, 7) is 1.15. The number of rotatable bonds is 4. The lowest BCUT2D eigenvalue weighted by atomic mass is 10.3. The summed E-state index contributed by atoms with van der Waals surface area (Å²) in [5.74, 6) is -1.14. The quantitative estimate of drug-likeness (QED) is 0.559. The van der Waals surface area contributed by atoms with Gasteiger partial charge in [0.25, 0.3) is 0 Å². The Morgan fingerprint density at radius 3 is 1.44 bits per heavy atom. The van der Waals surface area contributed by atoms with Crippen molar-refractivity contribution in [2.45, 2.75) is 0 Å². The number of nitrogens with zero attached hydrogens (tertiary/aromatic N) is 2. The largest absolute Gasteiger partial charge is 0.798 e. The SMILES string of the molecule is CP(=O)([O-])CN1CC(=O)N(CP(C)(=O)[O-])CC1=O. The molecule has 0 saturated carbocycles. The standard InChI is InChI=1S/C8H16N2O6P2/c1-17(13,14)5-9-3-8(12)10(4-7(9)11)6-18(2,15)16/h3-6H2,1-2H3,(H,13,14)(H,15,16)/p-2. The van der Waals surface area contributed by atoms with Gasteiger partial charge in [0.05, 0.1) is 12.6 Å². The summed E-state index contributed by atoms with van der Waals surface area (Å²) in [4.78, 5) is 47.2. The lowest BCUT2D eigenvalue weighted by Crippen LogP contribution is -2.54. The minimum absolute atomic E-state index is 0.404. The molecule has 1 heterocycles. The van der Waals surface area contributed by atoms with E-state index in [-0.39, 0.29) is 0 Å². The molecule has 0 aromatic heterocycles. The van der Waals surface area contributed by atoms with E-state index in [1.807, 2.05) is 0 Å². The third-order valence-electron chi connectivity index (χ3n) is 2.21. The zero-order valence-corrected chi connectivity index (χ0v) is 11.9. The molecule has 1 aliphatic rings. The van der Waals surface area contributed by atoms with Gasteiger partial charge in [0, 0.05) is 14.7 Å². The zero-order chi connectivity index (χ0) is 14.1. The van der Waals surface area contributed by atoms with Crippen molar-refractivity contribution in [1.82, 2.24) is 9.80 Å². The number of amides is 2. The van der Waals surface area contributed by atoms with Gasteiger partial charge >= 0.3 is 0 Å². The molecule has 0 aromatic rings. The summed E-state index contributed by atoms with van der Waals surface area (Å²) in [5.41, 5.74) is 0. The number of carbonyl (C=O) groups excluding carboxylic acids is 2. The van der Waals surface area contributed by atoms with E-state index in [1.165, 1.54) is 0 Å². The van der Waals surface area contributed by atoms with E-state index in [1.54, 1.807) is 0 Å². The van der Waals surface area contributed by atoms with Crippen molar-refractivity contribution >= 4 is 26.6 Å². The molecule has 0 aromatic carbocycles. The number of hydrogen-bond donors (Lipinski definition) is 0. The molecule has 1 saturated heterocycles. The average molecular weight is 296 g/mol. The van der Waals surface area contributed by atoms with E-state index in [4.69, 9.17) is 0 Å². The van der Waals surface area contributed by atoms with E-state index >= 15 is 0 Å². The van der Waals surface area contributed by atoms with Crippen LogP contribution in [0.2, 0.25) is 0 Å². The highest BCUT2D eigenvalue weighted by Crippen LogP contribution is 2.33. The third-order valence-corrected chi connectivity index (χ3v) is 3.92. The Balaban J connectivity index is 2.71. The highest BCUT2D eigenvalue weighted by molar-refractivity contribution is 7.55. The summed E-state index contributed by atoms with van der Waals surface area (Å²) < 4.78 is 22.2. The molecule has 0 N–H and O–H groups in total. The molecule has 8 nitrogen and oxygen atoms in total. The van der Waals surface area contributed by atoms with Crippen LogP contribution in [0.15, 0.2) is 0 Å². The molecule has 1 fully saturated rings. The first-order valence-corrected chi connectivity index (χ1v) is 9.60. The second-order valence-corrected chi connectivity index (χ2v) is 9.12. The van der Waals surface area contributed by atoms with Crippen molar-refractivity contribution in [2.24, 2.45) is 0 Å². The highest BCUT2D eigenvalue weighted by atomic mass is 31.2. The molecular weight excluding hydrogens is 282 g/mol. The lowest BCUT2D eigenvalue weighted by Gasteiger charge is -2.38. The summed E-state index contributed by atoms with van der Waals surface area (Å²) in [7, 11) is -7.38. The molecule has 0 radical (unpaired) electrons. The molecule has 0 spiro atoms. The predicted octanol–water partition coefficient (Wildman–Crippen LogP) is -1.89.